The van der Waals surface area contributed by atoms with Crippen LogP contribution in [0.2, 0.25) is 0 Å². The minimum absolute atomic E-state index is 0.126. The number of hydrogen-bond donors (Lipinski definition) is 0. The summed E-state index contributed by atoms with van der Waals surface area (Å²) in [6.45, 7) is 8.06. The smallest absolute Gasteiger partial charge is 0.484 e. The van der Waals surface area contributed by atoms with Crippen molar-refractivity contribution in [3.63, 3.8) is 0 Å². The van der Waals surface area contributed by atoms with Gasteiger partial charge in [-0.25, -0.2) is 0 Å². The number of alkyl halides is 3. The summed E-state index contributed by atoms with van der Waals surface area (Å²) >= 11 is 0. The molecule has 0 saturated carbocycles. The van der Waals surface area contributed by atoms with Crippen molar-refractivity contribution in [2.45, 2.75) is 52.0 Å². The zero-order valence-electron chi connectivity index (χ0n) is 13.4. The molecule has 0 unspecified atom stereocenters. The Hall–Kier alpha value is -1.21. The average molecular weight is 316 g/mol. The molecule has 7 heteroatoms. The summed E-state index contributed by atoms with van der Waals surface area (Å²) in [5, 5.41) is 0. The van der Waals surface area contributed by atoms with Gasteiger partial charge in [0.15, 0.2) is 6.61 Å². The summed E-state index contributed by atoms with van der Waals surface area (Å²) in [6, 6.07) is 4.94. The summed E-state index contributed by atoms with van der Waals surface area (Å²) in [5.41, 5.74) is 0.234. The van der Waals surface area contributed by atoms with Crippen molar-refractivity contribution >= 4 is 12.6 Å². The molecule has 1 aromatic rings. The molecular formula is C15H20BF3O3. The highest BCUT2D eigenvalue weighted by Crippen LogP contribution is 2.37. The van der Waals surface area contributed by atoms with E-state index in [1.165, 1.54) is 6.07 Å². The average Bonchev–Trinajstić information content (AvgIpc) is 2.55. The molecule has 0 aliphatic carbocycles. The van der Waals surface area contributed by atoms with Crippen molar-refractivity contribution in [3.8, 4) is 5.75 Å². The topological polar surface area (TPSA) is 27.7 Å². The summed E-state index contributed by atoms with van der Waals surface area (Å²) < 4.78 is 53.9. The maximum atomic E-state index is 12.4. The predicted molar refractivity (Wildman–Crippen MR) is 78.4 cm³/mol. The fraction of sp³-hybridized carbons (Fsp3) is 0.600. The van der Waals surface area contributed by atoms with Gasteiger partial charge in [0.05, 0.1) is 11.2 Å². The van der Waals surface area contributed by atoms with Crippen LogP contribution in [-0.2, 0) is 9.31 Å². The lowest BCUT2D eigenvalue weighted by atomic mass is 9.77. The van der Waals surface area contributed by atoms with Gasteiger partial charge < -0.3 is 14.0 Å². The van der Waals surface area contributed by atoms with Crippen LogP contribution in [0.15, 0.2) is 18.2 Å². The van der Waals surface area contributed by atoms with Gasteiger partial charge in [0, 0.05) is 5.46 Å². The number of benzene rings is 1. The maximum Gasteiger partial charge on any atom is 0.498 e. The van der Waals surface area contributed by atoms with Gasteiger partial charge in [0.2, 0.25) is 0 Å². The molecule has 22 heavy (non-hydrogen) atoms. The highest BCUT2D eigenvalue weighted by Gasteiger charge is 2.52. The van der Waals surface area contributed by atoms with Crippen LogP contribution in [0.4, 0.5) is 13.2 Å². The zero-order valence-corrected chi connectivity index (χ0v) is 13.4. The molecule has 0 aromatic heterocycles. The van der Waals surface area contributed by atoms with Gasteiger partial charge in [0.1, 0.15) is 5.75 Å². The first kappa shape index (κ1) is 17.2. The summed E-state index contributed by atoms with van der Waals surface area (Å²) in [4.78, 5) is 0. The Morgan fingerprint density at radius 2 is 1.64 bits per heavy atom. The number of halogens is 3. The fourth-order valence-corrected chi connectivity index (χ4v) is 2.11. The first-order chi connectivity index (χ1) is 9.91. The molecule has 1 aliphatic rings. The van der Waals surface area contributed by atoms with Crippen molar-refractivity contribution in [3.05, 3.63) is 23.8 Å². The monoisotopic (exact) mass is 316 g/mol. The third-order valence-corrected chi connectivity index (χ3v) is 4.06. The summed E-state index contributed by atoms with van der Waals surface area (Å²) in [5.74, 6) is 0.126. The molecular weight excluding hydrogens is 296 g/mol. The Labute approximate surface area is 128 Å². The van der Waals surface area contributed by atoms with Crippen LogP contribution in [-0.4, -0.2) is 31.1 Å². The van der Waals surface area contributed by atoms with E-state index < -0.39 is 31.1 Å². The highest BCUT2D eigenvalue weighted by molar-refractivity contribution is 6.63. The highest BCUT2D eigenvalue weighted by atomic mass is 19.4. The van der Waals surface area contributed by atoms with E-state index in [2.05, 4.69) is 0 Å². The van der Waals surface area contributed by atoms with Gasteiger partial charge in [-0.2, -0.15) is 13.2 Å². The SMILES string of the molecule is Cc1ccc(OCC(F)(F)F)c(B2OC(C)(C)C(C)(C)O2)c1. The molecule has 1 aliphatic heterocycles. The number of aryl methyl sites for hydroxylation is 1. The van der Waals surface area contributed by atoms with Gasteiger partial charge in [-0.3, -0.25) is 0 Å². The van der Waals surface area contributed by atoms with Crippen molar-refractivity contribution in [2.24, 2.45) is 0 Å². The molecule has 1 fully saturated rings. The van der Waals surface area contributed by atoms with Crippen molar-refractivity contribution in [1.82, 2.24) is 0 Å². The Morgan fingerprint density at radius 3 is 2.14 bits per heavy atom. The van der Waals surface area contributed by atoms with E-state index in [0.29, 0.717) is 5.46 Å². The molecule has 0 radical (unpaired) electrons. The third-order valence-electron chi connectivity index (χ3n) is 4.06. The summed E-state index contributed by atoms with van der Waals surface area (Å²) in [6.07, 6.45) is -4.39. The number of rotatable bonds is 3. The molecule has 1 heterocycles. The molecule has 0 amide bonds. The van der Waals surface area contributed by atoms with E-state index in [-0.39, 0.29) is 5.75 Å². The Morgan fingerprint density at radius 1 is 1.09 bits per heavy atom. The molecule has 0 bridgehead atoms. The first-order valence-corrected chi connectivity index (χ1v) is 7.07. The molecule has 0 N–H and O–H groups in total. The quantitative estimate of drug-likeness (QED) is 0.801. The lowest BCUT2D eigenvalue weighted by Crippen LogP contribution is -2.41. The van der Waals surface area contributed by atoms with E-state index in [0.717, 1.165) is 5.56 Å². The van der Waals surface area contributed by atoms with Crippen LogP contribution in [0.25, 0.3) is 0 Å². The second-order valence-corrected chi connectivity index (χ2v) is 6.53. The molecule has 1 aromatic carbocycles. The number of hydrogen-bond acceptors (Lipinski definition) is 3. The van der Waals surface area contributed by atoms with Crippen LogP contribution >= 0.6 is 0 Å². The van der Waals surface area contributed by atoms with E-state index in [9.17, 15) is 13.2 Å². The zero-order chi connectivity index (χ0) is 16.8. The largest absolute Gasteiger partial charge is 0.498 e. The van der Waals surface area contributed by atoms with Crippen LogP contribution in [0.5, 0.6) is 5.75 Å². The normalized spacial score (nSPS) is 20.3. The second-order valence-electron chi connectivity index (χ2n) is 6.53. The van der Waals surface area contributed by atoms with Crippen LogP contribution in [0, 0.1) is 6.92 Å². The van der Waals surface area contributed by atoms with E-state index in [1.807, 2.05) is 34.6 Å². The van der Waals surface area contributed by atoms with Crippen molar-refractivity contribution < 1.29 is 27.2 Å². The van der Waals surface area contributed by atoms with Crippen molar-refractivity contribution in [1.29, 1.82) is 0 Å². The van der Waals surface area contributed by atoms with Crippen LogP contribution in [0.1, 0.15) is 33.3 Å². The van der Waals surface area contributed by atoms with Gasteiger partial charge in [-0.15, -0.1) is 0 Å². The van der Waals surface area contributed by atoms with Gasteiger partial charge >= 0.3 is 13.3 Å². The molecule has 122 valence electrons. The maximum absolute atomic E-state index is 12.4. The second kappa shape index (κ2) is 5.46. The lowest BCUT2D eigenvalue weighted by molar-refractivity contribution is -0.153. The molecule has 3 nitrogen and oxygen atoms in total. The van der Waals surface area contributed by atoms with Gasteiger partial charge in [-0.05, 0) is 40.7 Å². The third kappa shape index (κ3) is 3.58. The molecule has 2 rings (SSSR count). The van der Waals surface area contributed by atoms with Crippen LogP contribution in [0.3, 0.4) is 0 Å². The van der Waals surface area contributed by atoms with E-state index in [1.54, 1.807) is 12.1 Å². The van der Waals surface area contributed by atoms with Crippen LogP contribution < -0.4 is 10.2 Å². The predicted octanol–water partition coefficient (Wildman–Crippen LogP) is 3.24. The molecule has 1 saturated heterocycles. The van der Waals surface area contributed by atoms with Gasteiger partial charge in [0.25, 0.3) is 0 Å². The van der Waals surface area contributed by atoms with E-state index in [4.69, 9.17) is 14.0 Å². The Kier molecular flexibility index (Phi) is 4.26. The number of ether oxygens (including phenoxy) is 1. The Balaban J connectivity index is 2.29. The van der Waals surface area contributed by atoms with Gasteiger partial charge in [-0.1, -0.05) is 17.7 Å². The van der Waals surface area contributed by atoms with E-state index >= 15 is 0 Å². The Bertz CT molecular complexity index is 539. The molecule has 0 spiro atoms. The summed E-state index contributed by atoms with van der Waals surface area (Å²) in [7, 11) is -0.756. The lowest BCUT2D eigenvalue weighted by Gasteiger charge is -2.32. The standard InChI is InChI=1S/C15H20BF3O3/c1-10-6-7-12(20-9-15(17,18)19)11(8-10)16-21-13(2,3)14(4,5)22-16/h6-8H,9H2,1-5H3. The minimum atomic E-state index is -4.39. The first-order valence-electron chi connectivity index (χ1n) is 7.07. The van der Waals surface area contributed by atoms with Crippen molar-refractivity contribution in [2.75, 3.05) is 6.61 Å². The molecule has 0 atom stereocenters. The fourth-order valence-electron chi connectivity index (χ4n) is 2.11. The minimum Gasteiger partial charge on any atom is -0.484 e.